The molecular formula is C23H19N5O4S2. The van der Waals surface area contributed by atoms with E-state index in [0.29, 0.717) is 27.2 Å². The number of thiophene rings is 2. The number of urea groups is 1. The summed E-state index contributed by atoms with van der Waals surface area (Å²) >= 11 is 2.87. The van der Waals surface area contributed by atoms with Gasteiger partial charge in [0.05, 0.1) is 11.7 Å². The molecule has 4 aromatic rings. The topological polar surface area (TPSA) is 113 Å². The fourth-order valence-electron chi connectivity index (χ4n) is 4.05. The molecule has 1 aliphatic heterocycles. The normalized spacial score (nSPS) is 17.9. The van der Waals surface area contributed by atoms with Gasteiger partial charge in [0, 0.05) is 15.8 Å². The predicted molar refractivity (Wildman–Crippen MR) is 129 cm³/mol. The van der Waals surface area contributed by atoms with Crippen LogP contribution in [0.2, 0.25) is 0 Å². The second-order valence-electron chi connectivity index (χ2n) is 7.72. The molecule has 4 amide bonds. The Morgan fingerprint density at radius 3 is 2.62 bits per heavy atom. The zero-order valence-corrected chi connectivity index (χ0v) is 19.6. The first-order chi connectivity index (χ1) is 16.4. The number of hydrazine groups is 1. The number of rotatable bonds is 6. The molecule has 1 atom stereocenters. The van der Waals surface area contributed by atoms with E-state index >= 15 is 0 Å². The van der Waals surface area contributed by atoms with Crippen LogP contribution in [0.1, 0.15) is 18.9 Å². The fourth-order valence-corrected chi connectivity index (χ4v) is 5.77. The molecule has 0 spiro atoms. The van der Waals surface area contributed by atoms with Gasteiger partial charge >= 0.3 is 6.03 Å². The highest BCUT2D eigenvalue weighted by Gasteiger charge is 2.52. The Morgan fingerprint density at radius 2 is 1.91 bits per heavy atom. The summed E-state index contributed by atoms with van der Waals surface area (Å²) in [5.41, 5.74) is 2.10. The number of carbonyl (C=O) groups excluding carboxylic acids is 3. The number of imide groups is 1. The van der Waals surface area contributed by atoms with Crippen molar-refractivity contribution in [3.8, 4) is 10.4 Å². The standard InChI is InChI=1S/C23H19N5O4S2/c1-2-23(14-7-4-3-5-8-14)21(31)28(22(32)25-23)26-17(29)11-27-13-24-19-18(20(27)30)15(12-34-19)16-9-6-10-33-16/h3-10,12-13H,2,11H2,1H3,(H,25,32)(H,26,29). The molecule has 34 heavy (non-hydrogen) atoms. The van der Waals surface area contributed by atoms with Crippen LogP contribution in [0.15, 0.2) is 64.3 Å². The summed E-state index contributed by atoms with van der Waals surface area (Å²) in [6.07, 6.45) is 1.60. The molecule has 11 heteroatoms. The zero-order chi connectivity index (χ0) is 23.9. The Kier molecular flexibility index (Phi) is 5.50. The lowest BCUT2D eigenvalue weighted by molar-refractivity contribution is -0.139. The molecule has 2 N–H and O–H groups in total. The van der Waals surface area contributed by atoms with Crippen molar-refractivity contribution in [2.24, 2.45) is 0 Å². The summed E-state index contributed by atoms with van der Waals surface area (Å²) < 4.78 is 1.17. The van der Waals surface area contributed by atoms with Gasteiger partial charge in [-0.2, -0.15) is 5.01 Å². The van der Waals surface area contributed by atoms with Crippen molar-refractivity contribution in [3.63, 3.8) is 0 Å². The summed E-state index contributed by atoms with van der Waals surface area (Å²) in [5, 5.41) is 7.61. The molecule has 9 nitrogen and oxygen atoms in total. The van der Waals surface area contributed by atoms with Crippen molar-refractivity contribution < 1.29 is 14.4 Å². The van der Waals surface area contributed by atoms with Crippen LogP contribution >= 0.6 is 22.7 Å². The number of nitrogens with one attached hydrogen (secondary N) is 2. The molecule has 1 aliphatic rings. The van der Waals surface area contributed by atoms with E-state index in [1.807, 2.05) is 29.0 Å². The van der Waals surface area contributed by atoms with E-state index in [9.17, 15) is 19.2 Å². The lowest BCUT2D eigenvalue weighted by atomic mass is 9.87. The highest BCUT2D eigenvalue weighted by molar-refractivity contribution is 7.18. The molecule has 1 aromatic carbocycles. The summed E-state index contributed by atoms with van der Waals surface area (Å²) in [4.78, 5) is 57.5. The number of fused-ring (bicyclic) bond motifs is 1. The molecule has 0 aliphatic carbocycles. The van der Waals surface area contributed by atoms with Gasteiger partial charge in [0.1, 0.15) is 16.9 Å². The first-order valence-corrected chi connectivity index (χ1v) is 12.2. The molecular weight excluding hydrogens is 474 g/mol. The second-order valence-corrected chi connectivity index (χ2v) is 9.52. The van der Waals surface area contributed by atoms with E-state index < -0.39 is 29.9 Å². The lowest BCUT2D eigenvalue weighted by Crippen LogP contribution is -2.49. The number of hydrogen-bond acceptors (Lipinski definition) is 7. The van der Waals surface area contributed by atoms with Crippen LogP contribution in [-0.4, -0.2) is 32.4 Å². The molecule has 0 bridgehead atoms. The van der Waals surface area contributed by atoms with E-state index in [4.69, 9.17) is 0 Å². The van der Waals surface area contributed by atoms with Crippen LogP contribution in [0.3, 0.4) is 0 Å². The average molecular weight is 494 g/mol. The maximum atomic E-state index is 13.2. The fraction of sp³-hybridized carbons (Fsp3) is 0.174. The van der Waals surface area contributed by atoms with Gasteiger partial charge < -0.3 is 5.32 Å². The molecule has 4 heterocycles. The van der Waals surface area contributed by atoms with Gasteiger partial charge in [-0.05, 0) is 23.4 Å². The smallest absolute Gasteiger partial charge is 0.318 e. The number of nitrogens with zero attached hydrogens (tertiary/aromatic N) is 3. The Hall–Kier alpha value is -3.83. The average Bonchev–Trinajstić information content (AvgIpc) is 3.57. The van der Waals surface area contributed by atoms with E-state index in [-0.39, 0.29) is 5.56 Å². The van der Waals surface area contributed by atoms with Gasteiger partial charge in [-0.3, -0.25) is 24.4 Å². The SMILES string of the molecule is CCC1(c2ccccc2)NC(=O)N(NC(=O)Cn2cnc3scc(-c4cccs4)c3c2=O)C1=O. The van der Waals surface area contributed by atoms with Gasteiger partial charge in [-0.15, -0.1) is 22.7 Å². The maximum Gasteiger partial charge on any atom is 0.344 e. The second kappa shape index (κ2) is 8.50. The Bertz CT molecular complexity index is 1460. The molecule has 1 unspecified atom stereocenters. The van der Waals surface area contributed by atoms with Crippen molar-refractivity contribution in [1.29, 1.82) is 0 Å². The van der Waals surface area contributed by atoms with Crippen LogP contribution in [0.25, 0.3) is 20.7 Å². The number of carbonyl (C=O) groups is 3. The molecule has 0 radical (unpaired) electrons. The molecule has 1 saturated heterocycles. The maximum absolute atomic E-state index is 13.2. The molecule has 0 saturated carbocycles. The van der Waals surface area contributed by atoms with Crippen LogP contribution in [0.5, 0.6) is 0 Å². The van der Waals surface area contributed by atoms with E-state index in [1.165, 1.54) is 33.6 Å². The summed E-state index contributed by atoms with van der Waals surface area (Å²) in [6.45, 7) is 1.38. The molecule has 3 aromatic heterocycles. The van der Waals surface area contributed by atoms with E-state index in [0.717, 1.165) is 10.4 Å². The predicted octanol–water partition coefficient (Wildman–Crippen LogP) is 3.08. The quantitative estimate of drug-likeness (QED) is 0.401. The van der Waals surface area contributed by atoms with Crippen molar-refractivity contribution in [3.05, 3.63) is 75.5 Å². The van der Waals surface area contributed by atoms with Gasteiger partial charge in [0.2, 0.25) is 0 Å². The zero-order valence-electron chi connectivity index (χ0n) is 18.0. The van der Waals surface area contributed by atoms with Crippen molar-refractivity contribution in [2.75, 3.05) is 0 Å². The van der Waals surface area contributed by atoms with Gasteiger partial charge in [0.15, 0.2) is 0 Å². The monoisotopic (exact) mass is 493 g/mol. The van der Waals surface area contributed by atoms with Crippen LogP contribution in [0.4, 0.5) is 4.79 Å². The number of hydrogen-bond donors (Lipinski definition) is 2. The number of benzene rings is 1. The van der Waals surface area contributed by atoms with Gasteiger partial charge in [-0.25, -0.2) is 9.78 Å². The Labute approximate surface area is 201 Å². The number of amides is 4. The summed E-state index contributed by atoms with van der Waals surface area (Å²) in [6, 6.07) is 11.9. The van der Waals surface area contributed by atoms with Crippen LogP contribution < -0.4 is 16.3 Å². The van der Waals surface area contributed by atoms with Crippen LogP contribution in [-0.2, 0) is 21.7 Å². The third-order valence-electron chi connectivity index (χ3n) is 5.79. The minimum Gasteiger partial charge on any atom is -0.318 e. The van der Waals surface area contributed by atoms with Gasteiger partial charge in [-0.1, -0.05) is 43.3 Å². The Morgan fingerprint density at radius 1 is 1.12 bits per heavy atom. The van der Waals surface area contributed by atoms with E-state index in [2.05, 4.69) is 15.7 Å². The minimum atomic E-state index is -1.27. The Balaban J connectivity index is 1.39. The van der Waals surface area contributed by atoms with Crippen molar-refractivity contribution in [1.82, 2.24) is 25.3 Å². The van der Waals surface area contributed by atoms with E-state index in [1.54, 1.807) is 31.2 Å². The third kappa shape index (κ3) is 3.49. The largest absolute Gasteiger partial charge is 0.344 e. The summed E-state index contributed by atoms with van der Waals surface area (Å²) in [5.74, 6) is -1.28. The van der Waals surface area contributed by atoms with Crippen molar-refractivity contribution >= 4 is 50.7 Å². The molecule has 5 rings (SSSR count). The molecule has 1 fully saturated rings. The van der Waals surface area contributed by atoms with Crippen molar-refractivity contribution in [2.45, 2.75) is 25.4 Å². The minimum absolute atomic E-state index is 0.303. The first-order valence-electron chi connectivity index (χ1n) is 10.5. The highest BCUT2D eigenvalue weighted by atomic mass is 32.1. The highest BCUT2D eigenvalue weighted by Crippen LogP contribution is 2.33. The van der Waals surface area contributed by atoms with Crippen LogP contribution in [0, 0.1) is 0 Å². The lowest BCUT2D eigenvalue weighted by Gasteiger charge is -2.25. The summed E-state index contributed by atoms with van der Waals surface area (Å²) in [7, 11) is 0. The number of aromatic nitrogens is 2. The first kappa shape index (κ1) is 22.0. The molecule has 172 valence electrons. The third-order valence-corrected chi connectivity index (χ3v) is 7.58. The van der Waals surface area contributed by atoms with Gasteiger partial charge in [0.25, 0.3) is 17.4 Å².